The second-order valence-electron chi connectivity index (χ2n) is 5.58. The molecule has 1 N–H and O–H groups in total. The minimum absolute atomic E-state index is 0.0365. The predicted molar refractivity (Wildman–Crippen MR) is 123 cm³/mol. The lowest BCUT2D eigenvalue weighted by atomic mass is 10.1. The van der Waals surface area contributed by atoms with Crippen LogP contribution in [0.2, 0.25) is 10.0 Å². The molecular weight excluding hydrogens is 565 g/mol. The molecule has 0 unspecified atom stereocenters. The number of hydrogen-bond donors (Lipinski definition) is 1. The van der Waals surface area contributed by atoms with Gasteiger partial charge in [0.1, 0.15) is 24.0 Å². The molecule has 2 rings (SSSR count). The molecule has 11 heteroatoms. The van der Waals surface area contributed by atoms with Crippen molar-refractivity contribution in [3.63, 3.8) is 0 Å². The summed E-state index contributed by atoms with van der Waals surface area (Å²) in [4.78, 5) is 22.7. The number of anilines is 1. The highest BCUT2D eigenvalue weighted by molar-refractivity contribution is 9.11. The van der Waals surface area contributed by atoms with Gasteiger partial charge >= 0.3 is 0 Å². The third kappa shape index (κ3) is 5.83. The Hall–Kier alpha value is -2.38. The van der Waals surface area contributed by atoms with Crippen molar-refractivity contribution in [2.75, 3.05) is 11.9 Å². The topological polar surface area (TPSA) is 105 Å². The van der Waals surface area contributed by atoms with E-state index < -0.39 is 10.8 Å². The summed E-state index contributed by atoms with van der Waals surface area (Å²) in [6, 6.07) is 7.24. The first kappa shape index (κ1) is 23.9. The molecule has 2 aromatic rings. The molecule has 154 valence electrons. The van der Waals surface area contributed by atoms with E-state index in [0.717, 1.165) is 12.1 Å². The molecule has 0 fully saturated rings. The number of amides is 1. The van der Waals surface area contributed by atoms with Crippen LogP contribution in [0.25, 0.3) is 6.08 Å². The van der Waals surface area contributed by atoms with Gasteiger partial charge in [-0.15, -0.1) is 0 Å². The van der Waals surface area contributed by atoms with Crippen LogP contribution in [0, 0.1) is 21.4 Å². The lowest BCUT2D eigenvalue weighted by molar-refractivity contribution is -0.384. The van der Waals surface area contributed by atoms with Gasteiger partial charge in [0.25, 0.3) is 11.6 Å². The van der Waals surface area contributed by atoms with E-state index in [1.807, 2.05) is 0 Å². The summed E-state index contributed by atoms with van der Waals surface area (Å²) in [5.74, 6) is -0.242. The van der Waals surface area contributed by atoms with Crippen LogP contribution in [0.4, 0.5) is 11.4 Å². The van der Waals surface area contributed by atoms with Gasteiger partial charge in [-0.05, 0) is 55.6 Å². The smallest absolute Gasteiger partial charge is 0.272 e. The Morgan fingerprint density at radius 2 is 1.83 bits per heavy atom. The van der Waals surface area contributed by atoms with E-state index in [-0.39, 0.29) is 27.0 Å². The van der Waals surface area contributed by atoms with Crippen LogP contribution in [0.15, 0.2) is 51.4 Å². The highest BCUT2D eigenvalue weighted by atomic mass is 79.9. The molecule has 0 heterocycles. The molecule has 1 amide bonds. The van der Waals surface area contributed by atoms with Crippen molar-refractivity contribution < 1.29 is 14.5 Å². The monoisotopic (exact) mass is 573 g/mol. The van der Waals surface area contributed by atoms with E-state index in [4.69, 9.17) is 27.9 Å². The summed E-state index contributed by atoms with van der Waals surface area (Å²) >= 11 is 18.7. The maximum Gasteiger partial charge on any atom is 0.272 e. The zero-order valence-corrected chi connectivity index (χ0v) is 19.6. The van der Waals surface area contributed by atoms with Gasteiger partial charge in [-0.2, -0.15) is 5.26 Å². The Bertz CT molecular complexity index is 1070. The fourth-order valence-corrected chi connectivity index (χ4v) is 4.24. The van der Waals surface area contributed by atoms with Gasteiger partial charge in [0, 0.05) is 12.1 Å². The summed E-state index contributed by atoms with van der Waals surface area (Å²) in [5, 5.41) is 22.4. The zero-order chi connectivity index (χ0) is 22.4. The maximum atomic E-state index is 12.5. The number of rotatable bonds is 7. The van der Waals surface area contributed by atoms with Gasteiger partial charge in [0.2, 0.25) is 0 Å². The lowest BCUT2D eigenvalue weighted by Crippen LogP contribution is -2.14. The quantitative estimate of drug-likeness (QED) is 0.133. The van der Waals surface area contributed by atoms with Gasteiger partial charge in [-0.3, -0.25) is 14.9 Å². The average Bonchev–Trinajstić information content (AvgIpc) is 2.67. The molecule has 0 aromatic heterocycles. The van der Waals surface area contributed by atoms with Crippen LogP contribution >= 0.6 is 55.1 Å². The largest absolute Gasteiger partial charge is 0.487 e. The average molecular weight is 576 g/mol. The van der Waals surface area contributed by atoms with Gasteiger partial charge in [0.15, 0.2) is 0 Å². The number of nitrogens with one attached hydrogen (secondary N) is 1. The molecule has 0 aliphatic heterocycles. The molecule has 0 aliphatic carbocycles. The van der Waals surface area contributed by atoms with Crippen LogP contribution in [0.3, 0.4) is 0 Å². The molecule has 0 radical (unpaired) electrons. The molecule has 0 saturated carbocycles. The second-order valence-corrected chi connectivity index (χ2v) is 8.10. The van der Waals surface area contributed by atoms with Crippen molar-refractivity contribution in [2.24, 2.45) is 0 Å². The number of halogens is 4. The summed E-state index contributed by atoms with van der Waals surface area (Å²) < 4.78 is 6.73. The van der Waals surface area contributed by atoms with Crippen molar-refractivity contribution in [1.82, 2.24) is 0 Å². The van der Waals surface area contributed by atoms with Crippen molar-refractivity contribution in [2.45, 2.75) is 0 Å². The van der Waals surface area contributed by atoms with Crippen LogP contribution in [0.1, 0.15) is 5.56 Å². The fourth-order valence-electron chi connectivity index (χ4n) is 2.22. The molecule has 30 heavy (non-hydrogen) atoms. The van der Waals surface area contributed by atoms with Crippen LogP contribution in [0.5, 0.6) is 5.75 Å². The fraction of sp³-hybridized carbons (Fsp3) is 0.0526. The highest BCUT2D eigenvalue weighted by Crippen LogP contribution is 2.36. The summed E-state index contributed by atoms with van der Waals surface area (Å²) in [5.41, 5.74) is -0.0653. The summed E-state index contributed by atoms with van der Waals surface area (Å²) in [6.45, 7) is 3.89. The number of ether oxygens (including phenoxy) is 1. The van der Waals surface area contributed by atoms with Gasteiger partial charge in [0.05, 0.1) is 29.6 Å². The van der Waals surface area contributed by atoms with E-state index in [0.29, 0.717) is 26.9 Å². The SMILES string of the molecule is C=CCOc1c(Br)cc(/C=C(\C#N)C(=O)Nc2c(Cl)cc([N+](=O)[O-])cc2Cl)cc1Br. The number of carbonyl (C=O) groups excluding carboxylic acids is 1. The zero-order valence-electron chi connectivity index (χ0n) is 14.9. The minimum Gasteiger partial charge on any atom is -0.487 e. The number of benzene rings is 2. The first-order valence-corrected chi connectivity index (χ1v) is 10.3. The minimum atomic E-state index is -0.783. The number of hydrogen-bond acceptors (Lipinski definition) is 5. The summed E-state index contributed by atoms with van der Waals surface area (Å²) in [6.07, 6.45) is 2.95. The standard InChI is InChI=1S/C19H11Br2Cl2N3O4/c1-2-3-30-18-13(20)5-10(6-14(18)21)4-11(9-24)19(27)25-17-15(22)7-12(26(28)29)8-16(17)23/h2,4-8H,1,3H2,(H,25,27)/b11-4+. The van der Waals surface area contributed by atoms with Crippen molar-refractivity contribution in [3.05, 3.63) is 77.2 Å². The first-order valence-electron chi connectivity index (χ1n) is 7.97. The number of carbonyl (C=O) groups is 1. The van der Waals surface area contributed by atoms with E-state index in [2.05, 4.69) is 43.8 Å². The van der Waals surface area contributed by atoms with Crippen LogP contribution < -0.4 is 10.1 Å². The Morgan fingerprint density at radius 1 is 1.27 bits per heavy atom. The van der Waals surface area contributed by atoms with Crippen molar-refractivity contribution in [3.8, 4) is 11.8 Å². The van der Waals surface area contributed by atoms with Crippen molar-refractivity contribution >= 4 is 78.4 Å². The molecule has 0 bridgehead atoms. The highest BCUT2D eigenvalue weighted by Gasteiger charge is 2.19. The number of non-ortho nitro benzene ring substituents is 1. The molecular formula is C19H11Br2Cl2N3O4. The third-order valence-electron chi connectivity index (χ3n) is 3.52. The normalized spacial score (nSPS) is 10.8. The Kier molecular flexibility index (Phi) is 8.43. The van der Waals surface area contributed by atoms with E-state index in [9.17, 15) is 20.2 Å². The molecule has 2 aromatic carbocycles. The van der Waals surface area contributed by atoms with E-state index in [1.54, 1.807) is 24.3 Å². The van der Waals surface area contributed by atoms with E-state index >= 15 is 0 Å². The second kappa shape index (κ2) is 10.6. The van der Waals surface area contributed by atoms with Gasteiger partial charge in [-0.1, -0.05) is 35.9 Å². The van der Waals surface area contributed by atoms with Crippen LogP contribution in [-0.2, 0) is 4.79 Å². The van der Waals surface area contributed by atoms with Gasteiger partial charge < -0.3 is 10.1 Å². The lowest BCUT2D eigenvalue weighted by Gasteiger charge is -2.11. The molecule has 0 spiro atoms. The summed E-state index contributed by atoms with van der Waals surface area (Å²) in [7, 11) is 0. The molecule has 0 saturated heterocycles. The molecule has 7 nitrogen and oxygen atoms in total. The first-order chi connectivity index (χ1) is 14.2. The Morgan fingerprint density at radius 3 is 2.30 bits per heavy atom. The Labute approximate surface area is 198 Å². The number of nitro groups is 1. The third-order valence-corrected chi connectivity index (χ3v) is 5.29. The number of nitriles is 1. The maximum absolute atomic E-state index is 12.5. The Balaban J connectivity index is 2.33. The van der Waals surface area contributed by atoms with Gasteiger partial charge in [-0.25, -0.2) is 0 Å². The molecule has 0 aliphatic rings. The van der Waals surface area contributed by atoms with Crippen molar-refractivity contribution in [1.29, 1.82) is 5.26 Å². The molecule has 0 atom stereocenters. The van der Waals surface area contributed by atoms with E-state index in [1.165, 1.54) is 6.08 Å². The van der Waals surface area contributed by atoms with Crippen LogP contribution in [-0.4, -0.2) is 17.4 Å². The predicted octanol–water partition coefficient (Wildman–Crippen LogP) is 6.54. The number of nitro benzene ring substituents is 1. The number of nitrogens with zero attached hydrogens (tertiary/aromatic N) is 2.